The third-order valence-electron chi connectivity index (χ3n) is 2.74. The molecule has 1 unspecified atom stereocenters. The number of carboxylic acid groups (broad SMARTS) is 1. The molecule has 0 bridgehead atoms. The zero-order chi connectivity index (χ0) is 14.8. The van der Waals surface area contributed by atoms with E-state index in [0.717, 1.165) is 0 Å². The highest BCUT2D eigenvalue weighted by atomic mass is 16.5. The number of carbonyl (C=O) groups is 2. The van der Waals surface area contributed by atoms with Crippen molar-refractivity contribution in [2.24, 2.45) is 11.5 Å². The van der Waals surface area contributed by atoms with Crippen LogP contribution in [0.3, 0.4) is 0 Å². The van der Waals surface area contributed by atoms with Crippen LogP contribution in [0.25, 0.3) is 0 Å². The standard InChI is InChI=1S/C12H24N2O5/c1-8(5-6-9(13)11(16)17)19-12(18)10(14)4-2-3-7-15/h8-10,15H,2-7,13-14H2,1H3,(H,16,17)/t8?,9-,10-/m0/s1. The van der Waals surface area contributed by atoms with Gasteiger partial charge in [-0.25, -0.2) is 0 Å². The molecular formula is C12H24N2O5. The lowest BCUT2D eigenvalue weighted by Crippen LogP contribution is -2.35. The molecular weight excluding hydrogens is 252 g/mol. The molecule has 0 saturated heterocycles. The fraction of sp³-hybridized carbons (Fsp3) is 0.833. The van der Waals surface area contributed by atoms with Crippen LogP contribution in [0.15, 0.2) is 0 Å². The number of carbonyl (C=O) groups excluding carboxylic acids is 1. The van der Waals surface area contributed by atoms with Gasteiger partial charge in [0.25, 0.3) is 0 Å². The fourth-order valence-electron chi connectivity index (χ4n) is 1.48. The Morgan fingerprint density at radius 1 is 1.11 bits per heavy atom. The lowest BCUT2D eigenvalue weighted by molar-refractivity contribution is -0.150. The zero-order valence-electron chi connectivity index (χ0n) is 11.2. The van der Waals surface area contributed by atoms with E-state index in [2.05, 4.69) is 0 Å². The molecule has 0 aromatic carbocycles. The van der Waals surface area contributed by atoms with Gasteiger partial charge in [-0.15, -0.1) is 0 Å². The van der Waals surface area contributed by atoms with Crippen LogP contribution in [0.4, 0.5) is 0 Å². The second-order valence-electron chi connectivity index (χ2n) is 4.60. The highest BCUT2D eigenvalue weighted by Crippen LogP contribution is 2.07. The van der Waals surface area contributed by atoms with Crippen LogP contribution in [0.1, 0.15) is 39.0 Å². The molecule has 0 saturated carbocycles. The number of ether oxygens (including phenoxy) is 1. The van der Waals surface area contributed by atoms with Crippen molar-refractivity contribution in [3.8, 4) is 0 Å². The molecule has 0 spiro atoms. The first kappa shape index (κ1) is 17.8. The summed E-state index contributed by atoms with van der Waals surface area (Å²) in [6.45, 7) is 1.75. The van der Waals surface area contributed by atoms with Crippen LogP contribution in [0, 0.1) is 0 Å². The summed E-state index contributed by atoms with van der Waals surface area (Å²) in [5, 5.41) is 17.2. The summed E-state index contributed by atoms with van der Waals surface area (Å²) in [5.41, 5.74) is 11.0. The molecule has 19 heavy (non-hydrogen) atoms. The van der Waals surface area contributed by atoms with Crippen molar-refractivity contribution in [2.45, 2.75) is 57.2 Å². The van der Waals surface area contributed by atoms with E-state index in [9.17, 15) is 9.59 Å². The molecule has 7 nitrogen and oxygen atoms in total. The molecule has 0 rings (SSSR count). The number of esters is 1. The Bertz CT molecular complexity index is 285. The van der Waals surface area contributed by atoms with Gasteiger partial charge < -0.3 is 26.4 Å². The molecule has 0 aliphatic rings. The number of unbranched alkanes of at least 4 members (excludes halogenated alkanes) is 1. The third kappa shape index (κ3) is 8.52. The van der Waals surface area contributed by atoms with Crippen molar-refractivity contribution in [1.82, 2.24) is 0 Å². The second-order valence-corrected chi connectivity index (χ2v) is 4.60. The Labute approximate surface area is 112 Å². The van der Waals surface area contributed by atoms with Crippen molar-refractivity contribution >= 4 is 11.9 Å². The Morgan fingerprint density at radius 3 is 2.26 bits per heavy atom. The van der Waals surface area contributed by atoms with Gasteiger partial charge in [-0.05, 0) is 39.0 Å². The average molecular weight is 276 g/mol. The monoisotopic (exact) mass is 276 g/mol. The van der Waals surface area contributed by atoms with E-state index in [1.807, 2.05) is 0 Å². The zero-order valence-corrected chi connectivity index (χ0v) is 11.2. The van der Waals surface area contributed by atoms with E-state index in [1.54, 1.807) is 6.92 Å². The lowest BCUT2D eigenvalue weighted by Gasteiger charge is -2.17. The van der Waals surface area contributed by atoms with E-state index in [4.69, 9.17) is 26.4 Å². The maximum absolute atomic E-state index is 11.6. The van der Waals surface area contributed by atoms with Gasteiger partial charge >= 0.3 is 11.9 Å². The van der Waals surface area contributed by atoms with E-state index < -0.39 is 30.1 Å². The summed E-state index contributed by atoms with van der Waals surface area (Å²) in [7, 11) is 0. The van der Waals surface area contributed by atoms with E-state index in [1.165, 1.54) is 0 Å². The largest absolute Gasteiger partial charge is 0.480 e. The molecule has 0 aliphatic heterocycles. The molecule has 3 atom stereocenters. The summed E-state index contributed by atoms with van der Waals surface area (Å²) in [6, 6.07) is -1.65. The molecule has 112 valence electrons. The van der Waals surface area contributed by atoms with Gasteiger partial charge in [0.1, 0.15) is 12.1 Å². The van der Waals surface area contributed by atoms with Crippen molar-refractivity contribution in [1.29, 1.82) is 0 Å². The lowest BCUT2D eigenvalue weighted by atomic mass is 10.1. The van der Waals surface area contributed by atoms with Crippen molar-refractivity contribution in [3.05, 3.63) is 0 Å². The molecule has 0 aromatic rings. The Balaban J connectivity index is 3.87. The van der Waals surface area contributed by atoms with Gasteiger partial charge in [0, 0.05) is 6.61 Å². The minimum Gasteiger partial charge on any atom is -0.480 e. The summed E-state index contributed by atoms with van der Waals surface area (Å²) in [6.07, 6.45) is 1.92. The quantitative estimate of drug-likeness (QED) is 0.315. The van der Waals surface area contributed by atoms with Crippen molar-refractivity contribution in [2.75, 3.05) is 6.61 Å². The smallest absolute Gasteiger partial charge is 0.323 e. The highest BCUT2D eigenvalue weighted by molar-refractivity contribution is 5.75. The van der Waals surface area contributed by atoms with Gasteiger partial charge in [-0.1, -0.05) is 0 Å². The predicted octanol–water partition coefficient (Wildman–Crippen LogP) is -0.400. The fourth-order valence-corrected chi connectivity index (χ4v) is 1.48. The Hall–Kier alpha value is -1.18. The Morgan fingerprint density at radius 2 is 1.74 bits per heavy atom. The first-order chi connectivity index (χ1) is 8.88. The van der Waals surface area contributed by atoms with Crippen LogP contribution in [0.5, 0.6) is 0 Å². The van der Waals surface area contributed by atoms with Crippen molar-refractivity contribution < 1.29 is 24.5 Å². The van der Waals surface area contributed by atoms with Gasteiger partial charge in [-0.3, -0.25) is 9.59 Å². The van der Waals surface area contributed by atoms with Crippen LogP contribution < -0.4 is 11.5 Å². The summed E-state index contributed by atoms with van der Waals surface area (Å²) in [4.78, 5) is 22.1. The minimum atomic E-state index is -1.07. The SMILES string of the molecule is CC(CC[C@H](N)C(=O)O)OC(=O)[C@@H](N)CCCCO. The maximum Gasteiger partial charge on any atom is 0.323 e. The number of rotatable bonds is 10. The molecule has 0 aliphatic carbocycles. The number of hydrogen-bond donors (Lipinski definition) is 4. The summed E-state index contributed by atoms with van der Waals surface area (Å²) < 4.78 is 5.10. The first-order valence-electron chi connectivity index (χ1n) is 6.43. The predicted molar refractivity (Wildman–Crippen MR) is 69.3 cm³/mol. The number of aliphatic hydroxyl groups excluding tert-OH is 1. The van der Waals surface area contributed by atoms with Gasteiger partial charge in [0.05, 0.1) is 6.10 Å². The van der Waals surface area contributed by atoms with Gasteiger partial charge in [0.2, 0.25) is 0 Å². The number of aliphatic carboxylic acids is 1. The number of nitrogens with two attached hydrogens (primary N) is 2. The van der Waals surface area contributed by atoms with Crippen LogP contribution in [-0.2, 0) is 14.3 Å². The summed E-state index contributed by atoms with van der Waals surface area (Å²) >= 11 is 0. The number of carboxylic acids is 1. The molecule has 6 N–H and O–H groups in total. The molecule has 0 heterocycles. The molecule has 0 fully saturated rings. The topological polar surface area (TPSA) is 136 Å². The Kier molecular flexibility index (Phi) is 9.11. The molecule has 0 aromatic heterocycles. The molecule has 7 heteroatoms. The van der Waals surface area contributed by atoms with E-state index in [0.29, 0.717) is 25.7 Å². The van der Waals surface area contributed by atoms with E-state index in [-0.39, 0.29) is 13.0 Å². The first-order valence-corrected chi connectivity index (χ1v) is 6.43. The average Bonchev–Trinajstić information content (AvgIpc) is 2.35. The molecule has 0 amide bonds. The third-order valence-corrected chi connectivity index (χ3v) is 2.74. The molecule has 0 radical (unpaired) electrons. The van der Waals surface area contributed by atoms with Crippen LogP contribution in [-0.4, -0.2) is 46.9 Å². The maximum atomic E-state index is 11.6. The highest BCUT2D eigenvalue weighted by Gasteiger charge is 2.19. The number of hydrogen-bond acceptors (Lipinski definition) is 6. The summed E-state index contributed by atoms with van der Waals surface area (Å²) in [5.74, 6) is -1.58. The second kappa shape index (κ2) is 9.71. The minimum absolute atomic E-state index is 0.0746. The van der Waals surface area contributed by atoms with Gasteiger partial charge in [-0.2, -0.15) is 0 Å². The number of aliphatic hydroxyl groups is 1. The van der Waals surface area contributed by atoms with Crippen molar-refractivity contribution in [3.63, 3.8) is 0 Å². The van der Waals surface area contributed by atoms with Crippen LogP contribution in [0.2, 0.25) is 0 Å². The van der Waals surface area contributed by atoms with Gasteiger partial charge in [0.15, 0.2) is 0 Å². The van der Waals surface area contributed by atoms with E-state index >= 15 is 0 Å². The normalized spacial score (nSPS) is 15.6. The van der Waals surface area contributed by atoms with Crippen LogP contribution >= 0.6 is 0 Å².